The van der Waals surface area contributed by atoms with Crippen molar-refractivity contribution in [1.82, 2.24) is 29.9 Å². The van der Waals surface area contributed by atoms with Crippen molar-refractivity contribution in [2.75, 3.05) is 31.1 Å². The number of anilines is 1. The number of hydrogen-bond donors (Lipinski definition) is 0. The van der Waals surface area contributed by atoms with Gasteiger partial charge in [-0.2, -0.15) is 0 Å². The van der Waals surface area contributed by atoms with Gasteiger partial charge in [-0.05, 0) is 36.4 Å². The zero-order valence-electron chi connectivity index (χ0n) is 17.2. The Kier molecular flexibility index (Phi) is 5.51. The maximum atomic E-state index is 13.5. The number of benzene rings is 1. The summed E-state index contributed by atoms with van der Waals surface area (Å²) in [5.74, 6) is 0.762. The van der Waals surface area contributed by atoms with E-state index < -0.39 is 0 Å². The van der Waals surface area contributed by atoms with Crippen molar-refractivity contribution in [3.05, 3.63) is 83.9 Å². The Morgan fingerprint density at radius 2 is 1.62 bits per heavy atom. The second-order valence-corrected chi connectivity index (χ2v) is 7.76. The van der Waals surface area contributed by atoms with Gasteiger partial charge in [0, 0.05) is 50.3 Å². The fraction of sp³-hybridized carbons (Fsp3) is 0.174. The second-order valence-electron chi connectivity index (χ2n) is 7.35. The minimum Gasteiger partial charge on any atom is -0.353 e. The van der Waals surface area contributed by atoms with Crippen molar-refractivity contribution in [2.24, 2.45) is 0 Å². The molecule has 0 saturated carbocycles. The molecular weight excluding hydrogens is 426 g/mol. The molecule has 32 heavy (non-hydrogen) atoms. The van der Waals surface area contributed by atoms with Gasteiger partial charge in [-0.3, -0.25) is 9.78 Å². The molecule has 1 saturated heterocycles. The summed E-state index contributed by atoms with van der Waals surface area (Å²) in [5, 5.41) is 9.10. The number of para-hydroxylation sites is 1. The minimum atomic E-state index is -0.157. The molecule has 0 radical (unpaired) electrons. The third-order valence-electron chi connectivity index (χ3n) is 5.45. The van der Waals surface area contributed by atoms with Crippen LogP contribution in [0.3, 0.4) is 0 Å². The van der Waals surface area contributed by atoms with Crippen molar-refractivity contribution in [2.45, 2.75) is 0 Å². The van der Waals surface area contributed by atoms with Crippen LogP contribution in [0.15, 0.2) is 73.2 Å². The van der Waals surface area contributed by atoms with E-state index in [1.54, 1.807) is 29.3 Å². The molecule has 0 aliphatic carbocycles. The summed E-state index contributed by atoms with van der Waals surface area (Å²) < 4.78 is 1.62. The first-order valence-corrected chi connectivity index (χ1v) is 10.7. The van der Waals surface area contributed by atoms with Gasteiger partial charge in [0.1, 0.15) is 11.5 Å². The summed E-state index contributed by atoms with van der Waals surface area (Å²) in [7, 11) is 0. The fourth-order valence-corrected chi connectivity index (χ4v) is 4.03. The van der Waals surface area contributed by atoms with Gasteiger partial charge in [-0.1, -0.05) is 35.0 Å². The standard InChI is InChI=1S/C23H20ClN7O/c24-18-5-1-2-6-19(18)31-22(17-8-11-25-12-9-17)21(27-28-31)23(32)30-15-13-29(14-16-30)20-7-3-4-10-26-20/h1-12H,13-16H2. The molecule has 4 aromatic rings. The predicted molar refractivity (Wildman–Crippen MR) is 122 cm³/mol. The number of amides is 1. The number of carbonyl (C=O) groups is 1. The number of pyridine rings is 2. The largest absolute Gasteiger partial charge is 0.353 e. The van der Waals surface area contributed by atoms with Crippen LogP contribution >= 0.6 is 11.6 Å². The van der Waals surface area contributed by atoms with E-state index in [9.17, 15) is 4.79 Å². The maximum absolute atomic E-state index is 13.5. The van der Waals surface area contributed by atoms with Gasteiger partial charge in [0.2, 0.25) is 0 Å². The monoisotopic (exact) mass is 445 g/mol. The summed E-state index contributed by atoms with van der Waals surface area (Å²) in [6.07, 6.45) is 5.14. The van der Waals surface area contributed by atoms with Crippen LogP contribution in [0.5, 0.6) is 0 Å². The number of hydrogen-bond acceptors (Lipinski definition) is 6. The highest BCUT2D eigenvalue weighted by Gasteiger charge is 2.29. The number of rotatable bonds is 4. The molecule has 160 valence electrons. The van der Waals surface area contributed by atoms with Gasteiger partial charge in [0.15, 0.2) is 5.69 Å². The quantitative estimate of drug-likeness (QED) is 0.479. The molecule has 0 bridgehead atoms. The summed E-state index contributed by atoms with van der Waals surface area (Å²) in [6, 6.07) is 16.9. The van der Waals surface area contributed by atoms with Crippen molar-refractivity contribution in [1.29, 1.82) is 0 Å². The highest BCUT2D eigenvalue weighted by Crippen LogP contribution is 2.29. The third kappa shape index (κ3) is 3.80. The van der Waals surface area contributed by atoms with Gasteiger partial charge in [-0.15, -0.1) is 5.10 Å². The van der Waals surface area contributed by atoms with E-state index >= 15 is 0 Å². The SMILES string of the molecule is O=C(c1nnn(-c2ccccc2Cl)c1-c1ccncc1)N1CCN(c2ccccn2)CC1. The van der Waals surface area contributed by atoms with E-state index in [-0.39, 0.29) is 5.91 Å². The van der Waals surface area contributed by atoms with Crippen molar-refractivity contribution < 1.29 is 4.79 Å². The van der Waals surface area contributed by atoms with Crippen LogP contribution in [0.2, 0.25) is 5.02 Å². The fourth-order valence-electron chi connectivity index (χ4n) is 3.82. The molecule has 1 aliphatic heterocycles. The van der Waals surface area contributed by atoms with E-state index in [1.807, 2.05) is 53.4 Å². The van der Waals surface area contributed by atoms with Crippen LogP contribution in [0.4, 0.5) is 5.82 Å². The van der Waals surface area contributed by atoms with Crippen LogP contribution in [0, 0.1) is 0 Å². The lowest BCUT2D eigenvalue weighted by Crippen LogP contribution is -2.49. The topological polar surface area (TPSA) is 80.0 Å². The van der Waals surface area contributed by atoms with E-state index in [2.05, 4.69) is 25.2 Å². The Hall–Kier alpha value is -3.78. The molecule has 9 heteroatoms. The van der Waals surface area contributed by atoms with Gasteiger partial charge in [-0.25, -0.2) is 9.67 Å². The van der Waals surface area contributed by atoms with E-state index in [1.165, 1.54) is 0 Å². The smallest absolute Gasteiger partial charge is 0.276 e. The molecule has 1 fully saturated rings. The molecule has 8 nitrogen and oxygen atoms in total. The van der Waals surface area contributed by atoms with Crippen LogP contribution in [0.25, 0.3) is 16.9 Å². The van der Waals surface area contributed by atoms with E-state index in [4.69, 9.17) is 11.6 Å². The predicted octanol–water partition coefficient (Wildman–Crippen LogP) is 3.34. The first kappa shape index (κ1) is 20.1. The number of halogens is 1. The Bertz CT molecular complexity index is 1220. The molecule has 0 unspecified atom stereocenters. The Morgan fingerprint density at radius 1 is 0.875 bits per heavy atom. The normalized spacial score (nSPS) is 13.9. The molecule has 0 N–H and O–H groups in total. The molecule has 5 rings (SSSR count). The first-order chi connectivity index (χ1) is 15.7. The summed E-state index contributed by atoms with van der Waals surface area (Å²) in [6.45, 7) is 2.55. The highest BCUT2D eigenvalue weighted by molar-refractivity contribution is 6.32. The van der Waals surface area contributed by atoms with Crippen LogP contribution in [-0.2, 0) is 0 Å². The lowest BCUT2D eigenvalue weighted by molar-refractivity contribution is 0.0741. The molecule has 0 atom stereocenters. The Morgan fingerprint density at radius 3 is 2.34 bits per heavy atom. The zero-order valence-corrected chi connectivity index (χ0v) is 17.9. The average Bonchev–Trinajstić information content (AvgIpc) is 3.30. The maximum Gasteiger partial charge on any atom is 0.276 e. The van der Waals surface area contributed by atoms with E-state index in [0.717, 1.165) is 11.4 Å². The van der Waals surface area contributed by atoms with Crippen molar-refractivity contribution in [3.8, 4) is 16.9 Å². The lowest BCUT2D eigenvalue weighted by atomic mass is 10.1. The summed E-state index contributed by atoms with van der Waals surface area (Å²) in [5.41, 5.74) is 2.34. The first-order valence-electron chi connectivity index (χ1n) is 10.3. The third-order valence-corrected chi connectivity index (χ3v) is 5.77. The minimum absolute atomic E-state index is 0.157. The van der Waals surface area contributed by atoms with Crippen molar-refractivity contribution >= 4 is 23.3 Å². The van der Waals surface area contributed by atoms with E-state index in [0.29, 0.717) is 48.3 Å². The molecule has 1 aliphatic rings. The number of aromatic nitrogens is 5. The molecule has 3 aromatic heterocycles. The Labute approximate surface area is 190 Å². The number of piperazine rings is 1. The van der Waals surface area contributed by atoms with Crippen LogP contribution in [-0.4, -0.2) is 61.9 Å². The summed E-state index contributed by atoms with van der Waals surface area (Å²) >= 11 is 6.42. The lowest BCUT2D eigenvalue weighted by Gasteiger charge is -2.35. The summed E-state index contributed by atoms with van der Waals surface area (Å²) in [4.78, 5) is 26.0. The second kappa shape index (κ2) is 8.76. The highest BCUT2D eigenvalue weighted by atomic mass is 35.5. The Balaban J connectivity index is 1.46. The molecule has 4 heterocycles. The molecule has 1 aromatic carbocycles. The molecule has 0 spiro atoms. The van der Waals surface area contributed by atoms with Crippen molar-refractivity contribution in [3.63, 3.8) is 0 Å². The van der Waals surface area contributed by atoms with Gasteiger partial charge in [0.25, 0.3) is 5.91 Å². The molecule has 1 amide bonds. The van der Waals surface area contributed by atoms with Crippen LogP contribution < -0.4 is 4.90 Å². The molecular formula is C23H20ClN7O. The van der Waals surface area contributed by atoms with Crippen LogP contribution in [0.1, 0.15) is 10.5 Å². The average molecular weight is 446 g/mol. The van der Waals surface area contributed by atoms with Gasteiger partial charge in [0.05, 0.1) is 10.7 Å². The zero-order chi connectivity index (χ0) is 21.9. The number of nitrogens with zero attached hydrogens (tertiary/aromatic N) is 7. The van der Waals surface area contributed by atoms with Gasteiger partial charge >= 0.3 is 0 Å². The van der Waals surface area contributed by atoms with Gasteiger partial charge < -0.3 is 9.80 Å². The number of carbonyl (C=O) groups excluding carboxylic acids is 1.